The molecule has 1 atom stereocenters. The van der Waals surface area contributed by atoms with E-state index in [0.29, 0.717) is 12.5 Å². The second-order valence-corrected chi connectivity index (χ2v) is 3.36. The molecule has 0 aromatic rings. The van der Waals surface area contributed by atoms with Gasteiger partial charge in [-0.25, -0.2) is 4.84 Å². The van der Waals surface area contributed by atoms with E-state index in [2.05, 4.69) is 18.7 Å². The van der Waals surface area contributed by atoms with Crippen molar-refractivity contribution in [1.82, 2.24) is 4.84 Å². The smallest absolute Gasteiger partial charge is 0.324 e. The van der Waals surface area contributed by atoms with Gasteiger partial charge in [0, 0.05) is 0 Å². The molecule has 0 aliphatic heterocycles. The van der Waals surface area contributed by atoms with Gasteiger partial charge in [0.15, 0.2) is 0 Å². The summed E-state index contributed by atoms with van der Waals surface area (Å²) in [7, 11) is 0. The van der Waals surface area contributed by atoms with Gasteiger partial charge in [-0.15, -0.1) is 0 Å². The SMILES string of the molecule is CCC(CC)COC(=O)[C@H](C)NCl. The number of nitrogens with one attached hydrogen (secondary N) is 1. The van der Waals surface area contributed by atoms with E-state index in [1.54, 1.807) is 6.92 Å². The molecule has 0 aromatic heterocycles. The zero-order chi connectivity index (χ0) is 10.3. The third kappa shape index (κ3) is 5.11. The maximum absolute atomic E-state index is 11.1. The second-order valence-electron chi connectivity index (χ2n) is 3.14. The molecule has 0 unspecified atom stereocenters. The van der Waals surface area contributed by atoms with Crippen molar-refractivity contribution >= 4 is 17.7 Å². The molecule has 0 saturated carbocycles. The van der Waals surface area contributed by atoms with Gasteiger partial charge in [0.2, 0.25) is 0 Å². The first-order valence-electron chi connectivity index (χ1n) is 4.68. The van der Waals surface area contributed by atoms with Gasteiger partial charge in [-0.05, 0) is 24.6 Å². The third-order valence-corrected chi connectivity index (χ3v) is 2.46. The molecule has 3 nitrogen and oxygen atoms in total. The highest BCUT2D eigenvalue weighted by molar-refractivity contribution is 6.14. The predicted octanol–water partition coefficient (Wildman–Crippen LogP) is 2.10. The molecule has 0 rings (SSSR count). The average Bonchev–Trinajstić information content (AvgIpc) is 2.17. The summed E-state index contributed by atoms with van der Waals surface area (Å²) in [6, 6.07) is -0.434. The standard InChI is InChI=1S/C9H18ClNO2/c1-4-8(5-2)6-13-9(12)7(3)11-10/h7-8,11H,4-6H2,1-3H3/t7-/m0/s1. The van der Waals surface area contributed by atoms with E-state index in [1.807, 2.05) is 0 Å². The van der Waals surface area contributed by atoms with E-state index >= 15 is 0 Å². The fourth-order valence-corrected chi connectivity index (χ4v) is 0.983. The van der Waals surface area contributed by atoms with Gasteiger partial charge < -0.3 is 4.74 Å². The van der Waals surface area contributed by atoms with Crippen LogP contribution in [0, 0.1) is 5.92 Å². The van der Waals surface area contributed by atoms with E-state index in [4.69, 9.17) is 16.5 Å². The lowest BCUT2D eigenvalue weighted by Crippen LogP contribution is -2.30. The van der Waals surface area contributed by atoms with Crippen LogP contribution in [0.2, 0.25) is 0 Å². The lowest BCUT2D eigenvalue weighted by Gasteiger charge is -2.14. The van der Waals surface area contributed by atoms with Gasteiger partial charge in [0.1, 0.15) is 6.04 Å². The van der Waals surface area contributed by atoms with Gasteiger partial charge in [-0.3, -0.25) is 4.79 Å². The normalized spacial score (nSPS) is 13.0. The Balaban J connectivity index is 3.68. The van der Waals surface area contributed by atoms with E-state index in [0.717, 1.165) is 12.8 Å². The highest BCUT2D eigenvalue weighted by Gasteiger charge is 2.14. The van der Waals surface area contributed by atoms with Crippen LogP contribution in [0.1, 0.15) is 33.6 Å². The summed E-state index contributed by atoms with van der Waals surface area (Å²) in [4.78, 5) is 13.5. The van der Waals surface area contributed by atoms with Crippen LogP contribution in [0.15, 0.2) is 0 Å². The van der Waals surface area contributed by atoms with Crippen molar-refractivity contribution < 1.29 is 9.53 Å². The zero-order valence-electron chi connectivity index (χ0n) is 8.47. The predicted molar refractivity (Wildman–Crippen MR) is 53.5 cm³/mol. The Hall–Kier alpha value is -0.280. The first kappa shape index (κ1) is 12.7. The van der Waals surface area contributed by atoms with Crippen LogP contribution in [-0.4, -0.2) is 18.6 Å². The zero-order valence-corrected chi connectivity index (χ0v) is 9.23. The molecule has 0 bridgehead atoms. The van der Waals surface area contributed by atoms with Crippen LogP contribution in [0.5, 0.6) is 0 Å². The highest BCUT2D eigenvalue weighted by atomic mass is 35.5. The first-order chi connectivity index (χ1) is 6.15. The van der Waals surface area contributed by atoms with Crippen LogP contribution in [0.25, 0.3) is 0 Å². The molecule has 4 heteroatoms. The lowest BCUT2D eigenvalue weighted by molar-refractivity contribution is -0.146. The molecule has 0 aliphatic carbocycles. The van der Waals surface area contributed by atoms with Crippen molar-refractivity contribution in [2.75, 3.05) is 6.61 Å². The van der Waals surface area contributed by atoms with Crippen molar-refractivity contribution in [3.63, 3.8) is 0 Å². The molecule has 0 heterocycles. The number of carbonyl (C=O) groups excluding carboxylic acids is 1. The molecular formula is C9H18ClNO2. The summed E-state index contributed by atoms with van der Waals surface area (Å²) in [5.41, 5.74) is 0. The van der Waals surface area contributed by atoms with Crippen LogP contribution in [-0.2, 0) is 9.53 Å². The summed E-state index contributed by atoms with van der Waals surface area (Å²) in [6.45, 7) is 6.34. The van der Waals surface area contributed by atoms with Crippen molar-refractivity contribution in [1.29, 1.82) is 0 Å². The van der Waals surface area contributed by atoms with E-state index in [-0.39, 0.29) is 5.97 Å². The Morgan fingerprint density at radius 3 is 2.38 bits per heavy atom. The Kier molecular flexibility index (Phi) is 7.00. The maximum atomic E-state index is 11.1. The number of hydrogen-bond acceptors (Lipinski definition) is 3. The molecule has 0 aromatic carbocycles. The van der Waals surface area contributed by atoms with Gasteiger partial charge in [-0.2, -0.15) is 0 Å². The van der Waals surface area contributed by atoms with Gasteiger partial charge in [0.25, 0.3) is 0 Å². The van der Waals surface area contributed by atoms with E-state index < -0.39 is 6.04 Å². The third-order valence-electron chi connectivity index (χ3n) is 2.13. The second kappa shape index (κ2) is 7.15. The number of halogens is 1. The number of esters is 1. The summed E-state index contributed by atoms with van der Waals surface area (Å²) in [5.74, 6) is 0.174. The van der Waals surface area contributed by atoms with Crippen LogP contribution in [0.3, 0.4) is 0 Å². The van der Waals surface area contributed by atoms with Crippen molar-refractivity contribution in [3.05, 3.63) is 0 Å². The maximum Gasteiger partial charge on any atom is 0.324 e. The number of carbonyl (C=O) groups is 1. The topological polar surface area (TPSA) is 38.3 Å². The monoisotopic (exact) mass is 207 g/mol. The largest absolute Gasteiger partial charge is 0.464 e. The van der Waals surface area contributed by atoms with Crippen molar-refractivity contribution in [3.8, 4) is 0 Å². The number of hydrogen-bond donors (Lipinski definition) is 1. The Bertz CT molecular complexity index is 149. The Morgan fingerprint density at radius 2 is 2.00 bits per heavy atom. The summed E-state index contributed by atoms with van der Waals surface area (Å²) in [5, 5.41) is 0. The van der Waals surface area contributed by atoms with Crippen LogP contribution >= 0.6 is 11.8 Å². The van der Waals surface area contributed by atoms with Gasteiger partial charge in [-0.1, -0.05) is 26.7 Å². The van der Waals surface area contributed by atoms with Crippen LogP contribution < -0.4 is 4.84 Å². The van der Waals surface area contributed by atoms with Gasteiger partial charge in [0.05, 0.1) is 6.61 Å². The van der Waals surface area contributed by atoms with E-state index in [9.17, 15) is 4.79 Å². The van der Waals surface area contributed by atoms with Crippen molar-refractivity contribution in [2.24, 2.45) is 5.92 Å². The molecule has 0 aliphatic rings. The highest BCUT2D eigenvalue weighted by Crippen LogP contribution is 2.07. The lowest BCUT2D eigenvalue weighted by atomic mass is 10.1. The van der Waals surface area contributed by atoms with Crippen LogP contribution in [0.4, 0.5) is 0 Å². The average molecular weight is 208 g/mol. The Morgan fingerprint density at radius 1 is 1.46 bits per heavy atom. The number of rotatable bonds is 6. The molecule has 0 fully saturated rings. The molecule has 0 saturated heterocycles. The Labute approximate surface area is 84.9 Å². The summed E-state index contributed by atoms with van der Waals surface area (Å²) >= 11 is 5.28. The fraction of sp³-hybridized carbons (Fsp3) is 0.889. The molecule has 13 heavy (non-hydrogen) atoms. The minimum absolute atomic E-state index is 0.290. The molecule has 0 spiro atoms. The molecule has 0 radical (unpaired) electrons. The van der Waals surface area contributed by atoms with E-state index in [1.165, 1.54) is 0 Å². The fourth-order valence-electron chi connectivity index (χ4n) is 0.894. The molecule has 1 N–H and O–H groups in total. The minimum atomic E-state index is -0.434. The summed E-state index contributed by atoms with van der Waals surface area (Å²) in [6.07, 6.45) is 2.07. The molecule has 78 valence electrons. The quantitative estimate of drug-likeness (QED) is 0.536. The first-order valence-corrected chi connectivity index (χ1v) is 5.06. The molecule has 0 amide bonds. The minimum Gasteiger partial charge on any atom is -0.464 e. The van der Waals surface area contributed by atoms with Gasteiger partial charge >= 0.3 is 5.97 Å². The molecular weight excluding hydrogens is 190 g/mol. The van der Waals surface area contributed by atoms with Crippen molar-refractivity contribution in [2.45, 2.75) is 39.7 Å². The summed E-state index contributed by atoms with van der Waals surface area (Å²) < 4.78 is 5.05. The number of ether oxygens (including phenoxy) is 1.